The average Bonchev–Trinajstić information content (AvgIpc) is 3.03. The van der Waals surface area contributed by atoms with E-state index in [-0.39, 0.29) is 0 Å². The molecule has 112 valence electrons. The molecule has 0 unspecified atom stereocenters. The van der Waals surface area contributed by atoms with Crippen LogP contribution in [0.4, 0.5) is 5.82 Å². The zero-order valence-electron chi connectivity index (χ0n) is 12.5. The van der Waals surface area contributed by atoms with Gasteiger partial charge in [0.25, 0.3) is 0 Å². The zero-order chi connectivity index (χ0) is 14.5. The first-order chi connectivity index (χ1) is 9.76. The van der Waals surface area contributed by atoms with E-state index in [9.17, 15) is 0 Å². The molecule has 2 heterocycles. The summed E-state index contributed by atoms with van der Waals surface area (Å²) in [6.45, 7) is 6.48. The molecule has 0 spiro atoms. The number of thiazole rings is 1. The quantitative estimate of drug-likeness (QED) is 0.813. The maximum Gasteiger partial charge on any atom is 0.195 e. The zero-order valence-corrected chi connectivity index (χ0v) is 13.3. The van der Waals surface area contributed by atoms with Crippen molar-refractivity contribution in [2.75, 3.05) is 25.2 Å². The van der Waals surface area contributed by atoms with Crippen LogP contribution < -0.4 is 10.6 Å². The van der Waals surface area contributed by atoms with Crippen molar-refractivity contribution in [1.82, 2.24) is 9.38 Å². The van der Waals surface area contributed by atoms with Gasteiger partial charge in [-0.1, -0.05) is 13.8 Å². The van der Waals surface area contributed by atoms with Crippen LogP contribution in [0.1, 0.15) is 32.4 Å². The third kappa shape index (κ3) is 2.82. The lowest BCUT2D eigenvalue weighted by atomic mass is 10.1. The second-order valence-electron chi connectivity index (χ2n) is 4.80. The van der Waals surface area contributed by atoms with E-state index >= 15 is 0 Å². The molecule has 0 saturated heterocycles. The summed E-state index contributed by atoms with van der Waals surface area (Å²) >= 11 is 1.64. The van der Waals surface area contributed by atoms with E-state index in [2.05, 4.69) is 23.1 Å². The van der Waals surface area contributed by atoms with E-state index < -0.39 is 0 Å². The molecule has 2 rings (SSSR count). The smallest absolute Gasteiger partial charge is 0.195 e. The SMILES string of the molecule is CCC(CC)N(CCOC)c1nc2sccn2c1CN. The molecular formula is C14H24N4OS. The topological polar surface area (TPSA) is 55.8 Å². The monoisotopic (exact) mass is 296 g/mol. The van der Waals surface area contributed by atoms with Crippen molar-refractivity contribution >= 4 is 22.1 Å². The van der Waals surface area contributed by atoms with Crippen molar-refractivity contribution in [2.45, 2.75) is 39.3 Å². The summed E-state index contributed by atoms with van der Waals surface area (Å²) in [5.41, 5.74) is 7.04. The van der Waals surface area contributed by atoms with Crippen LogP contribution in [-0.4, -0.2) is 35.7 Å². The minimum atomic E-state index is 0.472. The molecule has 0 aliphatic carbocycles. The molecule has 0 atom stereocenters. The molecule has 6 heteroatoms. The highest BCUT2D eigenvalue weighted by Gasteiger charge is 2.22. The largest absolute Gasteiger partial charge is 0.383 e. The number of imidazole rings is 1. The van der Waals surface area contributed by atoms with Crippen LogP contribution in [-0.2, 0) is 11.3 Å². The molecule has 0 aliphatic rings. The van der Waals surface area contributed by atoms with Crippen molar-refractivity contribution < 1.29 is 4.74 Å². The summed E-state index contributed by atoms with van der Waals surface area (Å²) < 4.78 is 7.36. The van der Waals surface area contributed by atoms with Gasteiger partial charge in [-0.15, -0.1) is 11.3 Å². The van der Waals surface area contributed by atoms with Crippen LogP contribution in [0.5, 0.6) is 0 Å². The van der Waals surface area contributed by atoms with Gasteiger partial charge in [0.2, 0.25) is 0 Å². The Labute approximate surface area is 124 Å². The lowest BCUT2D eigenvalue weighted by molar-refractivity contribution is 0.202. The van der Waals surface area contributed by atoms with Crippen LogP contribution in [0.2, 0.25) is 0 Å². The van der Waals surface area contributed by atoms with Crippen molar-refractivity contribution in [1.29, 1.82) is 0 Å². The van der Waals surface area contributed by atoms with Gasteiger partial charge in [-0.2, -0.15) is 0 Å². The van der Waals surface area contributed by atoms with Gasteiger partial charge in [-0.05, 0) is 12.8 Å². The van der Waals surface area contributed by atoms with E-state index in [1.165, 1.54) is 0 Å². The second-order valence-corrected chi connectivity index (χ2v) is 5.67. The number of aromatic nitrogens is 2. The normalized spacial score (nSPS) is 11.7. The van der Waals surface area contributed by atoms with E-state index in [1.54, 1.807) is 18.4 Å². The van der Waals surface area contributed by atoms with Crippen LogP contribution >= 0.6 is 11.3 Å². The first kappa shape index (κ1) is 15.3. The van der Waals surface area contributed by atoms with Gasteiger partial charge in [-0.3, -0.25) is 4.40 Å². The molecule has 2 aromatic heterocycles. The lowest BCUT2D eigenvalue weighted by Gasteiger charge is -2.31. The summed E-state index contributed by atoms with van der Waals surface area (Å²) in [6, 6.07) is 0.472. The fourth-order valence-electron chi connectivity index (χ4n) is 2.62. The highest BCUT2D eigenvalue weighted by molar-refractivity contribution is 7.15. The molecule has 5 nitrogen and oxygen atoms in total. The fourth-order valence-corrected chi connectivity index (χ4v) is 3.35. The highest BCUT2D eigenvalue weighted by Crippen LogP contribution is 2.27. The van der Waals surface area contributed by atoms with Crippen LogP contribution in [0.3, 0.4) is 0 Å². The Balaban J connectivity index is 2.40. The lowest BCUT2D eigenvalue weighted by Crippen LogP contribution is -2.38. The standard InChI is InChI=1S/C14H24N4OS/c1-4-11(5-2)17(6-8-19-3)13-12(10-15)18-7-9-20-14(18)16-13/h7,9,11H,4-6,8,10,15H2,1-3H3. The van der Waals surface area contributed by atoms with Crippen LogP contribution in [0, 0.1) is 0 Å². The van der Waals surface area contributed by atoms with Crippen molar-refractivity contribution in [3.8, 4) is 0 Å². The minimum absolute atomic E-state index is 0.472. The van der Waals surface area contributed by atoms with Gasteiger partial charge in [0.1, 0.15) is 0 Å². The third-order valence-electron chi connectivity index (χ3n) is 3.72. The molecule has 2 aromatic rings. The Morgan fingerprint density at radius 3 is 2.80 bits per heavy atom. The summed E-state index contributed by atoms with van der Waals surface area (Å²) in [7, 11) is 1.74. The predicted molar refractivity (Wildman–Crippen MR) is 84.6 cm³/mol. The second kappa shape index (κ2) is 7.06. The highest BCUT2D eigenvalue weighted by atomic mass is 32.1. The molecule has 2 N–H and O–H groups in total. The van der Waals surface area contributed by atoms with Gasteiger partial charge >= 0.3 is 0 Å². The van der Waals surface area contributed by atoms with E-state index in [1.807, 2.05) is 11.6 Å². The van der Waals surface area contributed by atoms with Gasteiger partial charge in [0.05, 0.1) is 12.3 Å². The molecular weight excluding hydrogens is 272 g/mol. The molecule has 0 amide bonds. The molecule has 0 aromatic carbocycles. The Morgan fingerprint density at radius 1 is 1.45 bits per heavy atom. The molecule has 0 aliphatic heterocycles. The predicted octanol–water partition coefficient (Wildman–Crippen LogP) is 2.50. The van der Waals surface area contributed by atoms with Crippen molar-refractivity contribution in [3.63, 3.8) is 0 Å². The molecule has 0 bridgehead atoms. The van der Waals surface area contributed by atoms with Gasteiger partial charge in [0.15, 0.2) is 10.8 Å². The maximum atomic E-state index is 5.96. The molecule has 0 saturated carbocycles. The van der Waals surface area contributed by atoms with Gasteiger partial charge < -0.3 is 15.4 Å². The summed E-state index contributed by atoms with van der Waals surface area (Å²) in [5, 5.41) is 2.04. The number of ether oxygens (including phenoxy) is 1. The van der Waals surface area contributed by atoms with E-state index in [0.717, 1.165) is 35.9 Å². The number of rotatable bonds is 8. The molecule has 0 radical (unpaired) electrons. The number of nitrogens with zero attached hydrogens (tertiary/aromatic N) is 3. The average molecular weight is 296 g/mol. The fraction of sp³-hybridized carbons (Fsp3) is 0.643. The Kier molecular flexibility index (Phi) is 5.39. The van der Waals surface area contributed by atoms with Crippen LogP contribution in [0.15, 0.2) is 11.6 Å². The number of hydrogen-bond donors (Lipinski definition) is 1. The number of hydrogen-bond acceptors (Lipinski definition) is 5. The number of anilines is 1. The summed E-state index contributed by atoms with van der Waals surface area (Å²) in [4.78, 5) is 8.15. The van der Waals surface area contributed by atoms with Crippen LogP contribution in [0.25, 0.3) is 4.96 Å². The Morgan fingerprint density at radius 2 is 2.20 bits per heavy atom. The number of nitrogens with two attached hydrogens (primary N) is 1. The molecule has 0 fully saturated rings. The Bertz CT molecular complexity index is 532. The first-order valence-electron chi connectivity index (χ1n) is 7.16. The maximum absolute atomic E-state index is 5.96. The van der Waals surface area contributed by atoms with E-state index in [0.29, 0.717) is 19.2 Å². The Hall–Kier alpha value is -1.11. The summed E-state index contributed by atoms with van der Waals surface area (Å²) in [5.74, 6) is 1.02. The van der Waals surface area contributed by atoms with Gasteiger partial charge in [-0.25, -0.2) is 4.98 Å². The number of methoxy groups -OCH3 is 1. The van der Waals surface area contributed by atoms with E-state index in [4.69, 9.17) is 15.5 Å². The third-order valence-corrected chi connectivity index (χ3v) is 4.48. The van der Waals surface area contributed by atoms with Crippen molar-refractivity contribution in [3.05, 3.63) is 17.3 Å². The summed E-state index contributed by atoms with van der Waals surface area (Å²) in [6.07, 6.45) is 4.23. The number of fused-ring (bicyclic) bond motifs is 1. The van der Waals surface area contributed by atoms with Gasteiger partial charge in [0, 0.05) is 37.8 Å². The first-order valence-corrected chi connectivity index (χ1v) is 8.04. The van der Waals surface area contributed by atoms with Crippen molar-refractivity contribution in [2.24, 2.45) is 5.73 Å². The minimum Gasteiger partial charge on any atom is -0.383 e. The molecule has 20 heavy (non-hydrogen) atoms.